The van der Waals surface area contributed by atoms with Crippen LogP contribution < -0.4 is 9.64 Å². The largest absolute Gasteiger partial charge is 0.495 e. The van der Waals surface area contributed by atoms with Crippen molar-refractivity contribution in [1.29, 1.82) is 0 Å². The fourth-order valence-corrected chi connectivity index (χ4v) is 5.88. The minimum absolute atomic E-state index is 0.00425. The predicted molar refractivity (Wildman–Crippen MR) is 127 cm³/mol. The number of amides is 2. The van der Waals surface area contributed by atoms with E-state index in [-0.39, 0.29) is 17.9 Å². The summed E-state index contributed by atoms with van der Waals surface area (Å²) in [6.45, 7) is 3.54. The smallest absolute Gasteiger partial charge is 0.282 e. The van der Waals surface area contributed by atoms with Gasteiger partial charge < -0.3 is 14.5 Å². The Kier molecular flexibility index (Phi) is 5.95. The summed E-state index contributed by atoms with van der Waals surface area (Å²) < 4.78 is 5.46. The average molecular weight is 469 g/mol. The van der Waals surface area contributed by atoms with Gasteiger partial charge in [-0.2, -0.15) is 0 Å². The number of thiophene rings is 1. The second-order valence-electron chi connectivity index (χ2n) is 7.90. The van der Waals surface area contributed by atoms with E-state index in [1.807, 2.05) is 38.8 Å². The predicted octanol–water partition coefficient (Wildman–Crippen LogP) is 3.44. The summed E-state index contributed by atoms with van der Waals surface area (Å²) in [7, 11) is 1.67. The van der Waals surface area contributed by atoms with E-state index in [1.165, 1.54) is 11.3 Å². The minimum Gasteiger partial charge on any atom is -0.495 e. The van der Waals surface area contributed by atoms with Crippen LogP contribution in [0.1, 0.15) is 16.2 Å². The van der Waals surface area contributed by atoms with Gasteiger partial charge in [0, 0.05) is 62.5 Å². The highest BCUT2D eigenvalue weighted by Crippen LogP contribution is 2.37. The molecular weight excluding hydrogens is 444 g/mol. The van der Waals surface area contributed by atoms with E-state index in [0.29, 0.717) is 31.1 Å². The van der Waals surface area contributed by atoms with Gasteiger partial charge in [-0.3, -0.25) is 14.5 Å². The van der Waals surface area contributed by atoms with Gasteiger partial charge in [0.15, 0.2) is 5.01 Å². The van der Waals surface area contributed by atoms with E-state index in [4.69, 9.17) is 4.74 Å². The Hall–Kier alpha value is -2.75. The second-order valence-corrected chi connectivity index (χ2v) is 9.71. The number of ether oxygens (including phenoxy) is 1. The van der Waals surface area contributed by atoms with Crippen molar-refractivity contribution in [2.45, 2.75) is 12.5 Å². The van der Waals surface area contributed by atoms with Crippen molar-refractivity contribution < 1.29 is 14.3 Å². The fourth-order valence-electron chi connectivity index (χ4n) is 4.42. The normalized spacial score (nSPS) is 19.5. The molecule has 7 nitrogen and oxygen atoms in total. The van der Waals surface area contributed by atoms with Crippen LogP contribution in [0.25, 0.3) is 10.4 Å². The number of carbonyl (C=O) groups is 2. The van der Waals surface area contributed by atoms with Crippen LogP contribution in [0.5, 0.6) is 5.75 Å². The summed E-state index contributed by atoms with van der Waals surface area (Å²) >= 11 is 3.01. The highest BCUT2D eigenvalue weighted by Gasteiger charge is 2.36. The highest BCUT2D eigenvalue weighted by molar-refractivity contribution is 7.14. The number of anilines is 1. The molecule has 2 fully saturated rings. The van der Waals surface area contributed by atoms with Gasteiger partial charge in [-0.1, -0.05) is 12.1 Å². The second kappa shape index (κ2) is 9.01. The van der Waals surface area contributed by atoms with Crippen molar-refractivity contribution in [2.75, 3.05) is 44.7 Å². The van der Waals surface area contributed by atoms with Crippen molar-refractivity contribution in [1.82, 2.24) is 14.8 Å². The third-order valence-electron chi connectivity index (χ3n) is 6.11. The van der Waals surface area contributed by atoms with E-state index in [2.05, 4.69) is 22.0 Å². The van der Waals surface area contributed by atoms with Crippen LogP contribution in [0.2, 0.25) is 0 Å². The van der Waals surface area contributed by atoms with Crippen LogP contribution in [-0.4, -0.2) is 72.5 Å². The van der Waals surface area contributed by atoms with E-state index in [9.17, 15) is 9.59 Å². The molecule has 2 aliphatic heterocycles. The standard InChI is InChI=1S/C23H24N4O3S2/c1-30-19-5-11-31-21(19)16-3-2-4-17(13-16)27-15-18(14-20(27)28)25-7-9-26(10-8-25)23(29)22-24-6-12-32-22/h2-6,11-13,18H,7-10,14-15H2,1H3. The van der Waals surface area contributed by atoms with Crippen molar-refractivity contribution in [2.24, 2.45) is 0 Å². The Morgan fingerprint density at radius 3 is 2.72 bits per heavy atom. The monoisotopic (exact) mass is 468 g/mol. The van der Waals surface area contributed by atoms with Gasteiger partial charge in [-0.05, 0) is 29.1 Å². The molecule has 1 unspecified atom stereocenters. The topological polar surface area (TPSA) is 66.0 Å². The molecular formula is C23H24N4O3S2. The van der Waals surface area contributed by atoms with Crippen LogP contribution in [0.15, 0.2) is 47.3 Å². The molecule has 32 heavy (non-hydrogen) atoms. The first kappa shape index (κ1) is 21.1. The first-order valence-corrected chi connectivity index (χ1v) is 12.3. The van der Waals surface area contributed by atoms with Crippen LogP contribution in [0.3, 0.4) is 0 Å². The van der Waals surface area contributed by atoms with Crippen LogP contribution in [-0.2, 0) is 4.79 Å². The number of hydrogen-bond acceptors (Lipinski definition) is 7. The van der Waals surface area contributed by atoms with Gasteiger partial charge in [-0.15, -0.1) is 22.7 Å². The lowest BCUT2D eigenvalue weighted by molar-refractivity contribution is -0.117. The van der Waals surface area contributed by atoms with Gasteiger partial charge in [0.1, 0.15) is 5.75 Å². The maximum atomic E-state index is 12.9. The molecule has 166 valence electrons. The molecule has 2 amide bonds. The minimum atomic E-state index is 0.00425. The average Bonchev–Trinajstić information content (AvgIpc) is 3.59. The van der Waals surface area contributed by atoms with Crippen molar-refractivity contribution >= 4 is 40.2 Å². The molecule has 0 N–H and O–H groups in total. The molecule has 0 aliphatic carbocycles. The van der Waals surface area contributed by atoms with Gasteiger partial charge in [0.2, 0.25) is 5.91 Å². The van der Waals surface area contributed by atoms with Crippen molar-refractivity contribution in [3.05, 3.63) is 52.3 Å². The molecule has 3 aromatic rings. The third-order valence-corrected chi connectivity index (χ3v) is 7.81. The molecule has 2 saturated heterocycles. The van der Waals surface area contributed by atoms with Crippen LogP contribution >= 0.6 is 22.7 Å². The molecule has 1 aromatic carbocycles. The number of rotatable bonds is 5. The number of methoxy groups -OCH3 is 1. The zero-order valence-corrected chi connectivity index (χ0v) is 19.4. The number of hydrogen-bond donors (Lipinski definition) is 0. The number of thiazole rings is 1. The Labute approximate surface area is 194 Å². The first-order valence-electron chi connectivity index (χ1n) is 10.6. The molecule has 0 radical (unpaired) electrons. The van der Waals surface area contributed by atoms with Crippen LogP contribution in [0.4, 0.5) is 5.69 Å². The van der Waals surface area contributed by atoms with Gasteiger partial charge in [0.05, 0.1) is 12.0 Å². The molecule has 0 bridgehead atoms. The van der Waals surface area contributed by atoms with E-state index < -0.39 is 0 Å². The summed E-state index contributed by atoms with van der Waals surface area (Å²) in [6.07, 6.45) is 2.17. The number of benzene rings is 1. The molecule has 0 spiro atoms. The quantitative estimate of drug-likeness (QED) is 0.574. The Morgan fingerprint density at radius 2 is 1.97 bits per heavy atom. The summed E-state index contributed by atoms with van der Waals surface area (Å²) in [5.74, 6) is 0.999. The van der Waals surface area contributed by atoms with Gasteiger partial charge in [-0.25, -0.2) is 4.98 Å². The highest BCUT2D eigenvalue weighted by atomic mass is 32.1. The number of piperazine rings is 1. The summed E-state index contributed by atoms with van der Waals surface area (Å²) in [5.41, 5.74) is 1.97. The molecule has 5 rings (SSSR count). The molecule has 4 heterocycles. The number of carbonyl (C=O) groups excluding carboxylic acids is 2. The van der Waals surface area contributed by atoms with Crippen molar-refractivity contribution in [3.8, 4) is 16.2 Å². The van der Waals surface area contributed by atoms with E-state index in [1.54, 1.807) is 24.6 Å². The fraction of sp³-hybridized carbons (Fsp3) is 0.348. The summed E-state index contributed by atoms with van der Waals surface area (Å²) in [6, 6.07) is 10.2. The number of nitrogens with zero attached hydrogens (tertiary/aromatic N) is 4. The van der Waals surface area contributed by atoms with Crippen LogP contribution in [0, 0.1) is 0 Å². The molecule has 2 aromatic heterocycles. The molecule has 0 saturated carbocycles. The van der Waals surface area contributed by atoms with E-state index in [0.717, 1.165) is 35.0 Å². The first-order chi connectivity index (χ1) is 15.6. The van der Waals surface area contributed by atoms with Gasteiger partial charge in [0.25, 0.3) is 5.91 Å². The van der Waals surface area contributed by atoms with Crippen molar-refractivity contribution in [3.63, 3.8) is 0 Å². The molecule has 9 heteroatoms. The maximum absolute atomic E-state index is 12.9. The summed E-state index contributed by atoms with van der Waals surface area (Å²) in [4.78, 5) is 36.7. The Balaban J connectivity index is 1.24. The number of aromatic nitrogens is 1. The Morgan fingerprint density at radius 1 is 1.12 bits per heavy atom. The molecule has 2 aliphatic rings. The lowest BCUT2D eigenvalue weighted by Gasteiger charge is -2.37. The lowest BCUT2D eigenvalue weighted by atomic mass is 10.1. The lowest BCUT2D eigenvalue weighted by Crippen LogP contribution is -2.52. The molecule has 1 atom stereocenters. The summed E-state index contributed by atoms with van der Waals surface area (Å²) in [5, 5.41) is 4.38. The van der Waals surface area contributed by atoms with E-state index >= 15 is 0 Å². The Bertz CT molecular complexity index is 1110. The maximum Gasteiger partial charge on any atom is 0.282 e. The zero-order chi connectivity index (χ0) is 22.1. The SMILES string of the molecule is COc1ccsc1-c1cccc(N2CC(N3CCN(C(=O)c4nccs4)CC3)CC2=O)c1. The van der Waals surface area contributed by atoms with Gasteiger partial charge >= 0.3 is 0 Å². The zero-order valence-electron chi connectivity index (χ0n) is 17.8. The third kappa shape index (κ3) is 4.03.